The number of nitrogens with two attached hydrogens (primary N) is 1. The first kappa shape index (κ1) is 26.6. The molecule has 1 aliphatic heterocycles. The van der Waals surface area contributed by atoms with Gasteiger partial charge in [0, 0.05) is 22.2 Å². The van der Waals surface area contributed by atoms with Gasteiger partial charge in [-0.05, 0) is 54.1 Å². The molecule has 0 aromatic heterocycles. The van der Waals surface area contributed by atoms with Crippen LogP contribution in [0.1, 0.15) is 33.0 Å². The molecular weight excluding hydrogens is 535 g/mol. The number of hydrogen-bond donors (Lipinski definition) is 1. The maximum atomic E-state index is 14.0. The topological polar surface area (TPSA) is 104 Å². The molecule has 200 valence electrons. The summed E-state index contributed by atoms with van der Waals surface area (Å²) in [5.41, 5.74) is 8.41. The average molecular weight is 557 g/mol. The zero-order chi connectivity index (χ0) is 28.2. The maximum absolute atomic E-state index is 14.0. The normalized spacial score (nSPS) is 14.0. The van der Waals surface area contributed by atoms with Crippen LogP contribution in [0.3, 0.4) is 0 Å². The van der Waals surface area contributed by atoms with E-state index >= 15 is 0 Å². The third-order valence-electron chi connectivity index (χ3n) is 6.34. The molecule has 40 heavy (non-hydrogen) atoms. The molecule has 1 aliphatic rings. The highest BCUT2D eigenvalue weighted by atomic mass is 35.5. The van der Waals surface area contributed by atoms with Crippen LogP contribution in [0.2, 0.25) is 5.02 Å². The van der Waals surface area contributed by atoms with E-state index in [4.69, 9.17) is 36.3 Å². The number of rotatable bonds is 7. The van der Waals surface area contributed by atoms with E-state index in [1.807, 2.05) is 0 Å². The molecule has 1 heterocycles. The summed E-state index contributed by atoms with van der Waals surface area (Å²) < 4.78 is 36.7. The molecule has 0 aliphatic carbocycles. The Morgan fingerprint density at radius 3 is 2.55 bits per heavy atom. The minimum absolute atomic E-state index is 0.0102. The van der Waals surface area contributed by atoms with Crippen molar-refractivity contribution >= 4 is 17.6 Å². The summed E-state index contributed by atoms with van der Waals surface area (Å²) in [7, 11) is 1.49. The molecule has 4 aromatic carbocycles. The average Bonchev–Trinajstić information content (AvgIpc) is 2.96. The van der Waals surface area contributed by atoms with E-state index in [-0.39, 0.29) is 29.6 Å². The van der Waals surface area contributed by atoms with Gasteiger partial charge in [-0.2, -0.15) is 5.26 Å². The number of carbonyl (C=O) groups is 1. The smallest absolute Gasteiger partial charge is 0.343 e. The van der Waals surface area contributed by atoms with Crippen LogP contribution in [0, 0.1) is 17.1 Å². The third-order valence-corrected chi connectivity index (χ3v) is 6.60. The van der Waals surface area contributed by atoms with Gasteiger partial charge in [0.15, 0.2) is 11.5 Å². The minimum atomic E-state index is -0.593. The molecule has 5 rings (SSSR count). The number of benzene rings is 4. The Balaban J connectivity index is 1.44. The molecule has 1 atom stereocenters. The van der Waals surface area contributed by atoms with E-state index in [2.05, 4.69) is 6.07 Å². The van der Waals surface area contributed by atoms with Gasteiger partial charge in [-0.3, -0.25) is 0 Å². The quantitative estimate of drug-likeness (QED) is 0.204. The van der Waals surface area contributed by atoms with Gasteiger partial charge in [-0.1, -0.05) is 41.9 Å². The SMILES string of the molecule is COc1cc(C2C(C#N)=C(N)Oc3cc(OC(=O)c4ccc(Cl)cc4)ccc32)ccc1OCc1ccccc1F. The first-order valence-corrected chi connectivity index (χ1v) is 12.5. The van der Waals surface area contributed by atoms with E-state index in [0.717, 1.165) is 0 Å². The fourth-order valence-corrected chi connectivity index (χ4v) is 4.47. The summed E-state index contributed by atoms with van der Waals surface area (Å²) in [5, 5.41) is 10.4. The van der Waals surface area contributed by atoms with Gasteiger partial charge in [0.25, 0.3) is 0 Å². The number of carbonyl (C=O) groups excluding carboxylic acids is 1. The Hall–Kier alpha value is -5.00. The second kappa shape index (κ2) is 11.4. The first-order valence-electron chi connectivity index (χ1n) is 12.1. The molecule has 0 radical (unpaired) electrons. The van der Waals surface area contributed by atoms with Gasteiger partial charge < -0.3 is 24.7 Å². The molecule has 0 saturated heterocycles. The van der Waals surface area contributed by atoms with E-state index in [0.29, 0.717) is 44.5 Å². The molecule has 0 saturated carbocycles. The molecule has 4 aromatic rings. The second-order valence-electron chi connectivity index (χ2n) is 8.81. The highest BCUT2D eigenvalue weighted by Crippen LogP contribution is 2.45. The summed E-state index contributed by atoms with van der Waals surface area (Å²) in [5.74, 6) is -0.227. The van der Waals surface area contributed by atoms with Crippen LogP contribution in [0.5, 0.6) is 23.0 Å². The zero-order valence-electron chi connectivity index (χ0n) is 21.2. The van der Waals surface area contributed by atoms with E-state index in [1.54, 1.807) is 78.9 Å². The fourth-order valence-electron chi connectivity index (χ4n) is 4.35. The molecule has 9 heteroatoms. The Morgan fingerprint density at radius 1 is 1.05 bits per heavy atom. The summed E-state index contributed by atoms with van der Waals surface area (Å²) in [6, 6.07) is 24.9. The molecule has 1 unspecified atom stereocenters. The number of hydrogen-bond acceptors (Lipinski definition) is 7. The number of allylic oxidation sites excluding steroid dienone is 1. The number of ether oxygens (including phenoxy) is 4. The molecule has 0 spiro atoms. The number of halogens is 2. The third kappa shape index (κ3) is 5.41. The van der Waals surface area contributed by atoms with Gasteiger partial charge in [-0.15, -0.1) is 0 Å². The number of nitrogens with zero attached hydrogens (tertiary/aromatic N) is 1. The zero-order valence-corrected chi connectivity index (χ0v) is 21.9. The van der Waals surface area contributed by atoms with Crippen LogP contribution in [0.4, 0.5) is 4.39 Å². The van der Waals surface area contributed by atoms with Gasteiger partial charge in [0.05, 0.1) is 18.6 Å². The largest absolute Gasteiger partial charge is 0.493 e. The lowest BCUT2D eigenvalue weighted by atomic mass is 9.83. The van der Waals surface area contributed by atoms with Crippen molar-refractivity contribution in [1.82, 2.24) is 0 Å². The predicted octanol–water partition coefficient (Wildman–Crippen LogP) is 6.50. The Kier molecular flexibility index (Phi) is 7.58. The van der Waals surface area contributed by atoms with Crippen molar-refractivity contribution in [2.24, 2.45) is 5.73 Å². The summed E-state index contributed by atoms with van der Waals surface area (Å²) in [6.07, 6.45) is 0. The van der Waals surface area contributed by atoms with E-state index in [9.17, 15) is 14.4 Å². The lowest BCUT2D eigenvalue weighted by Crippen LogP contribution is -2.21. The minimum Gasteiger partial charge on any atom is -0.493 e. The molecular formula is C31H22ClFN2O5. The Bertz CT molecular complexity index is 1660. The monoisotopic (exact) mass is 556 g/mol. The summed E-state index contributed by atoms with van der Waals surface area (Å²) >= 11 is 5.90. The van der Waals surface area contributed by atoms with Gasteiger partial charge in [0.2, 0.25) is 5.88 Å². The van der Waals surface area contributed by atoms with Crippen molar-refractivity contribution in [3.8, 4) is 29.1 Å². The molecule has 0 amide bonds. The lowest BCUT2D eigenvalue weighted by Gasteiger charge is -2.27. The fraction of sp³-hybridized carbons (Fsp3) is 0.0968. The van der Waals surface area contributed by atoms with Crippen LogP contribution in [-0.4, -0.2) is 13.1 Å². The van der Waals surface area contributed by atoms with Crippen molar-refractivity contribution < 1.29 is 28.1 Å². The molecule has 0 bridgehead atoms. The standard InChI is InChI=1S/C31H22ClFN2O5/c1-37-28-14-19(8-13-26(28)38-17-20-4-2-3-5-25(20)33)29-23-12-11-22(15-27(23)40-30(35)24(29)16-34)39-31(36)18-6-9-21(32)10-7-18/h2-15,29H,17,35H2,1H3. The summed E-state index contributed by atoms with van der Waals surface area (Å²) in [6.45, 7) is 0.0102. The van der Waals surface area contributed by atoms with Crippen molar-refractivity contribution in [3.63, 3.8) is 0 Å². The Labute approximate surface area is 234 Å². The van der Waals surface area contributed by atoms with E-state index < -0.39 is 11.9 Å². The lowest BCUT2D eigenvalue weighted by molar-refractivity contribution is 0.0734. The van der Waals surface area contributed by atoms with Crippen LogP contribution in [-0.2, 0) is 6.61 Å². The van der Waals surface area contributed by atoms with Crippen molar-refractivity contribution in [2.75, 3.05) is 7.11 Å². The van der Waals surface area contributed by atoms with Crippen LogP contribution >= 0.6 is 11.6 Å². The van der Waals surface area contributed by atoms with Gasteiger partial charge in [-0.25, -0.2) is 9.18 Å². The number of esters is 1. The van der Waals surface area contributed by atoms with Crippen LogP contribution < -0.4 is 24.7 Å². The number of fused-ring (bicyclic) bond motifs is 1. The Morgan fingerprint density at radius 2 is 1.82 bits per heavy atom. The summed E-state index contributed by atoms with van der Waals surface area (Å²) in [4.78, 5) is 12.6. The molecule has 2 N–H and O–H groups in total. The van der Waals surface area contributed by atoms with Gasteiger partial charge >= 0.3 is 5.97 Å². The first-order chi connectivity index (χ1) is 19.4. The van der Waals surface area contributed by atoms with Gasteiger partial charge in [0.1, 0.15) is 35.6 Å². The van der Waals surface area contributed by atoms with Crippen LogP contribution in [0.15, 0.2) is 96.4 Å². The van der Waals surface area contributed by atoms with Crippen LogP contribution in [0.25, 0.3) is 0 Å². The van der Waals surface area contributed by atoms with E-state index in [1.165, 1.54) is 13.2 Å². The maximum Gasteiger partial charge on any atom is 0.343 e. The number of nitriles is 1. The second-order valence-corrected chi connectivity index (χ2v) is 9.25. The highest BCUT2D eigenvalue weighted by molar-refractivity contribution is 6.30. The van der Waals surface area contributed by atoms with Crippen molar-refractivity contribution in [2.45, 2.75) is 12.5 Å². The van der Waals surface area contributed by atoms with Crippen molar-refractivity contribution in [1.29, 1.82) is 5.26 Å². The molecule has 0 fully saturated rings. The highest BCUT2D eigenvalue weighted by Gasteiger charge is 2.32. The predicted molar refractivity (Wildman–Crippen MR) is 146 cm³/mol. The van der Waals surface area contributed by atoms with Crippen molar-refractivity contribution in [3.05, 3.63) is 129 Å². The number of methoxy groups -OCH3 is 1. The molecule has 7 nitrogen and oxygen atoms in total.